The van der Waals surface area contributed by atoms with Gasteiger partial charge in [0.1, 0.15) is 12.4 Å². The molecule has 2 rings (SSSR count). The highest BCUT2D eigenvalue weighted by Gasteiger charge is 2.29. The molecule has 2 aromatic carbocycles. The van der Waals surface area contributed by atoms with E-state index in [-0.39, 0.29) is 6.61 Å². The number of nitrogens with zero attached hydrogens (tertiary/aromatic N) is 2. The summed E-state index contributed by atoms with van der Waals surface area (Å²) in [5.41, 5.74) is 3.56. The number of halogens is 3. The van der Waals surface area contributed by atoms with E-state index in [0.717, 1.165) is 12.1 Å². The Morgan fingerprint density at radius 1 is 1.12 bits per heavy atom. The van der Waals surface area contributed by atoms with Crippen LogP contribution < -0.4 is 10.2 Å². The second-order valence-electron chi connectivity index (χ2n) is 4.96. The molecule has 0 saturated heterocycles. The Labute approximate surface area is 137 Å². The molecule has 0 radical (unpaired) electrons. The van der Waals surface area contributed by atoms with Gasteiger partial charge < -0.3 is 4.74 Å². The smallest absolute Gasteiger partial charge is 0.416 e. The van der Waals surface area contributed by atoms with Crippen molar-refractivity contribution in [3.63, 3.8) is 0 Å². The molecule has 24 heavy (non-hydrogen) atoms. The first kappa shape index (κ1) is 17.3. The van der Waals surface area contributed by atoms with Crippen molar-refractivity contribution in [2.45, 2.75) is 13.1 Å². The van der Waals surface area contributed by atoms with E-state index in [1.807, 2.05) is 6.07 Å². The van der Waals surface area contributed by atoms with Crippen molar-refractivity contribution in [1.82, 2.24) is 0 Å². The molecule has 0 saturated carbocycles. The molecule has 0 amide bonds. The lowest BCUT2D eigenvalue weighted by atomic mass is 10.2. The zero-order chi connectivity index (χ0) is 17.6. The number of alkyl halides is 3. The average molecular weight is 333 g/mol. The van der Waals surface area contributed by atoms with Gasteiger partial charge in [-0.2, -0.15) is 23.5 Å². The number of anilines is 1. The number of hydrogen-bond donors (Lipinski definition) is 1. The summed E-state index contributed by atoms with van der Waals surface area (Å²) in [5, 5.41) is 12.7. The van der Waals surface area contributed by atoms with Crippen LogP contribution in [0.3, 0.4) is 0 Å². The van der Waals surface area contributed by atoms with E-state index >= 15 is 0 Å². The van der Waals surface area contributed by atoms with Crippen molar-refractivity contribution in [2.24, 2.45) is 5.10 Å². The van der Waals surface area contributed by atoms with Crippen molar-refractivity contribution in [2.75, 3.05) is 12.0 Å². The largest absolute Gasteiger partial charge is 0.488 e. The summed E-state index contributed by atoms with van der Waals surface area (Å²) < 4.78 is 42.9. The Bertz CT molecular complexity index is 745. The molecule has 0 aromatic heterocycles. The summed E-state index contributed by atoms with van der Waals surface area (Å²) in [7, 11) is 0. The Balaban J connectivity index is 1.88. The van der Waals surface area contributed by atoms with E-state index in [1.165, 1.54) is 12.1 Å². The van der Waals surface area contributed by atoms with Gasteiger partial charge in [0.05, 0.1) is 28.6 Å². The van der Waals surface area contributed by atoms with Gasteiger partial charge in [-0.25, -0.2) is 0 Å². The molecule has 1 N–H and O–H groups in total. The van der Waals surface area contributed by atoms with Crippen molar-refractivity contribution >= 4 is 11.4 Å². The monoisotopic (exact) mass is 333 g/mol. The second-order valence-corrected chi connectivity index (χ2v) is 4.96. The first-order chi connectivity index (χ1) is 11.4. The molecule has 0 heterocycles. The molecule has 7 heteroatoms. The molecule has 0 aliphatic heterocycles. The third-order valence-corrected chi connectivity index (χ3v) is 3.02. The van der Waals surface area contributed by atoms with Crippen LogP contribution in [-0.2, 0) is 6.18 Å². The molecule has 124 valence electrons. The number of hydrazone groups is 1. The molecule has 0 aliphatic rings. The maximum atomic E-state index is 12.5. The predicted molar refractivity (Wildman–Crippen MR) is 84.8 cm³/mol. The van der Waals surface area contributed by atoms with Gasteiger partial charge >= 0.3 is 6.18 Å². The Kier molecular flexibility index (Phi) is 5.42. The van der Waals surface area contributed by atoms with Crippen molar-refractivity contribution in [3.05, 3.63) is 59.7 Å². The zero-order valence-corrected chi connectivity index (χ0v) is 12.8. The first-order valence-corrected chi connectivity index (χ1v) is 6.98. The fourth-order valence-corrected chi connectivity index (χ4v) is 1.74. The van der Waals surface area contributed by atoms with Gasteiger partial charge in [-0.15, -0.1) is 0 Å². The molecule has 0 spiro atoms. The van der Waals surface area contributed by atoms with Crippen LogP contribution in [0, 0.1) is 11.3 Å². The minimum absolute atomic E-state index is 0.208. The zero-order valence-electron chi connectivity index (χ0n) is 12.8. The first-order valence-electron chi connectivity index (χ1n) is 6.98. The van der Waals surface area contributed by atoms with Gasteiger partial charge in [0.2, 0.25) is 0 Å². The fraction of sp³-hybridized carbons (Fsp3) is 0.176. The molecule has 2 aromatic rings. The van der Waals surface area contributed by atoms with Crippen molar-refractivity contribution in [3.8, 4) is 11.8 Å². The van der Waals surface area contributed by atoms with E-state index in [4.69, 9.17) is 10.00 Å². The van der Waals surface area contributed by atoms with Crippen LogP contribution in [0.5, 0.6) is 5.75 Å². The average Bonchev–Trinajstić information content (AvgIpc) is 2.58. The lowest BCUT2D eigenvalue weighted by Crippen LogP contribution is -2.10. The van der Waals surface area contributed by atoms with E-state index in [1.54, 1.807) is 31.2 Å². The summed E-state index contributed by atoms with van der Waals surface area (Å²) in [4.78, 5) is 0. The summed E-state index contributed by atoms with van der Waals surface area (Å²) in [5.74, 6) is 0.595. The Hall–Kier alpha value is -3.01. The normalized spacial score (nSPS) is 11.7. The number of nitrogens with one attached hydrogen (secondary N) is 1. The number of hydrogen-bond acceptors (Lipinski definition) is 4. The summed E-state index contributed by atoms with van der Waals surface area (Å²) in [6.45, 7) is 1.93. The van der Waals surface area contributed by atoms with E-state index in [9.17, 15) is 13.2 Å². The quantitative estimate of drug-likeness (QED) is 0.650. The van der Waals surface area contributed by atoms with E-state index in [0.29, 0.717) is 22.7 Å². The fourth-order valence-electron chi connectivity index (χ4n) is 1.74. The highest BCUT2D eigenvalue weighted by Crippen LogP contribution is 2.29. The van der Waals surface area contributed by atoms with Crippen LogP contribution in [0.15, 0.2) is 53.6 Å². The number of benzene rings is 2. The van der Waals surface area contributed by atoms with Crippen LogP contribution in [0.1, 0.15) is 18.1 Å². The maximum Gasteiger partial charge on any atom is 0.416 e. The SMILES string of the molecule is CC(COc1ccc(C#N)cc1)=NNc1ccc(C(F)(F)F)cc1. The topological polar surface area (TPSA) is 57.4 Å². The Morgan fingerprint density at radius 2 is 1.75 bits per heavy atom. The van der Waals surface area contributed by atoms with Crippen LogP contribution in [0.4, 0.5) is 18.9 Å². The molecule has 0 fully saturated rings. The predicted octanol–water partition coefficient (Wildman–Crippen LogP) is 4.44. The molecular weight excluding hydrogens is 319 g/mol. The molecule has 0 bridgehead atoms. The van der Waals surface area contributed by atoms with Gasteiger partial charge in [-0.05, 0) is 55.5 Å². The summed E-state index contributed by atoms with van der Waals surface area (Å²) >= 11 is 0. The van der Waals surface area contributed by atoms with Gasteiger partial charge in [0, 0.05) is 0 Å². The highest BCUT2D eigenvalue weighted by atomic mass is 19.4. The van der Waals surface area contributed by atoms with Gasteiger partial charge in [0.25, 0.3) is 0 Å². The minimum atomic E-state index is -4.35. The summed E-state index contributed by atoms with van der Waals surface area (Å²) in [6.07, 6.45) is -4.35. The maximum absolute atomic E-state index is 12.5. The van der Waals surface area contributed by atoms with Crippen molar-refractivity contribution in [1.29, 1.82) is 5.26 Å². The third-order valence-electron chi connectivity index (χ3n) is 3.02. The van der Waals surface area contributed by atoms with Crippen LogP contribution in [0.25, 0.3) is 0 Å². The number of rotatable bonds is 5. The molecule has 4 nitrogen and oxygen atoms in total. The number of nitriles is 1. The molecule has 0 unspecified atom stereocenters. The standard InChI is InChI=1S/C17H14F3N3O/c1-12(11-24-16-8-2-13(10-21)3-9-16)22-23-15-6-4-14(5-7-15)17(18,19)20/h2-9,23H,11H2,1H3. The number of ether oxygens (including phenoxy) is 1. The Morgan fingerprint density at radius 3 is 2.29 bits per heavy atom. The van der Waals surface area contributed by atoms with Crippen molar-refractivity contribution < 1.29 is 17.9 Å². The van der Waals surface area contributed by atoms with Crippen LogP contribution in [0.2, 0.25) is 0 Å². The highest BCUT2D eigenvalue weighted by molar-refractivity contribution is 5.84. The van der Waals surface area contributed by atoms with Crippen LogP contribution >= 0.6 is 0 Å². The van der Waals surface area contributed by atoms with Gasteiger partial charge in [0.15, 0.2) is 0 Å². The van der Waals surface area contributed by atoms with Crippen LogP contribution in [-0.4, -0.2) is 12.3 Å². The molecule has 0 aliphatic carbocycles. The molecular formula is C17H14F3N3O. The van der Waals surface area contributed by atoms with E-state index in [2.05, 4.69) is 10.5 Å². The van der Waals surface area contributed by atoms with E-state index < -0.39 is 11.7 Å². The lowest BCUT2D eigenvalue weighted by molar-refractivity contribution is -0.137. The van der Waals surface area contributed by atoms with Gasteiger partial charge in [-0.3, -0.25) is 5.43 Å². The summed E-state index contributed by atoms with van der Waals surface area (Å²) in [6, 6.07) is 13.2. The molecule has 0 atom stereocenters. The second kappa shape index (κ2) is 7.51. The third kappa shape index (κ3) is 5.02. The lowest BCUT2D eigenvalue weighted by Gasteiger charge is -2.08. The van der Waals surface area contributed by atoms with Gasteiger partial charge in [-0.1, -0.05) is 0 Å². The minimum Gasteiger partial charge on any atom is -0.488 e.